The summed E-state index contributed by atoms with van der Waals surface area (Å²) in [6, 6.07) is 25.8. The lowest BCUT2D eigenvalue weighted by Crippen LogP contribution is -2.12. The average molecular weight is 578 g/mol. The first-order valence-corrected chi connectivity index (χ1v) is 14.7. The number of rotatable bonds is 10. The van der Waals surface area contributed by atoms with Crippen LogP contribution in [0.15, 0.2) is 115 Å². The van der Waals surface area contributed by atoms with Gasteiger partial charge in [-0.25, -0.2) is 9.97 Å². The predicted molar refractivity (Wildman–Crippen MR) is 159 cm³/mol. The maximum Gasteiger partial charge on any atom is 0.297 e. The number of nitrogens with zero attached hydrogens (tertiary/aromatic N) is 5. The van der Waals surface area contributed by atoms with Gasteiger partial charge in [0.25, 0.3) is 10.1 Å². The van der Waals surface area contributed by atoms with E-state index in [-0.39, 0.29) is 24.7 Å². The molecular weight excluding hydrogens is 550 g/mol. The van der Waals surface area contributed by atoms with Gasteiger partial charge in [0, 0.05) is 41.3 Å². The van der Waals surface area contributed by atoms with Crippen LogP contribution < -0.4 is 4.74 Å². The van der Waals surface area contributed by atoms with E-state index < -0.39 is 10.1 Å². The van der Waals surface area contributed by atoms with Gasteiger partial charge < -0.3 is 4.74 Å². The SMILES string of the molecule is Cc1ccc(S(=O)(=O)OCCn2cc(-c3ccncc3)c(-c3ccc(OCc4ncc5ccccc5n4)cc3)n2)cc1. The first-order chi connectivity index (χ1) is 20.4. The van der Waals surface area contributed by atoms with E-state index >= 15 is 0 Å². The van der Waals surface area contributed by atoms with Crippen molar-refractivity contribution in [3.8, 4) is 28.1 Å². The van der Waals surface area contributed by atoms with Crippen molar-refractivity contribution in [3.05, 3.63) is 121 Å². The summed E-state index contributed by atoms with van der Waals surface area (Å²) < 4.78 is 38.1. The van der Waals surface area contributed by atoms with E-state index in [9.17, 15) is 8.42 Å². The number of fused-ring (bicyclic) bond motifs is 1. The molecule has 0 radical (unpaired) electrons. The van der Waals surface area contributed by atoms with E-state index in [2.05, 4.69) is 15.0 Å². The highest BCUT2D eigenvalue weighted by molar-refractivity contribution is 7.86. The number of ether oxygens (including phenoxy) is 1. The van der Waals surface area contributed by atoms with Crippen LogP contribution in [0.25, 0.3) is 33.3 Å². The average Bonchev–Trinajstić information content (AvgIpc) is 3.45. The zero-order valence-corrected chi connectivity index (χ0v) is 23.6. The summed E-state index contributed by atoms with van der Waals surface area (Å²) in [5.41, 5.74) is 5.29. The molecular formula is C32H27N5O4S. The quantitative estimate of drug-likeness (QED) is 0.187. The van der Waals surface area contributed by atoms with E-state index in [1.54, 1.807) is 47.5 Å². The maximum atomic E-state index is 12.6. The summed E-state index contributed by atoms with van der Waals surface area (Å²) in [6.45, 7) is 2.33. The van der Waals surface area contributed by atoms with Crippen LogP contribution in [0.3, 0.4) is 0 Å². The third-order valence-electron chi connectivity index (χ3n) is 6.66. The van der Waals surface area contributed by atoms with Crippen LogP contribution in [-0.2, 0) is 27.5 Å². The van der Waals surface area contributed by atoms with Crippen LogP contribution in [0, 0.1) is 6.92 Å². The van der Waals surface area contributed by atoms with Gasteiger partial charge in [-0.15, -0.1) is 0 Å². The van der Waals surface area contributed by atoms with Gasteiger partial charge in [0.2, 0.25) is 0 Å². The van der Waals surface area contributed by atoms with Crippen molar-refractivity contribution in [2.24, 2.45) is 0 Å². The number of benzene rings is 3. The molecule has 0 aliphatic carbocycles. The maximum absolute atomic E-state index is 12.6. The molecule has 0 aliphatic heterocycles. The van der Waals surface area contributed by atoms with Gasteiger partial charge in [-0.05, 0) is 67.1 Å². The van der Waals surface area contributed by atoms with Crippen LogP contribution in [-0.4, -0.2) is 39.8 Å². The highest BCUT2D eigenvalue weighted by Gasteiger charge is 2.17. The second-order valence-corrected chi connectivity index (χ2v) is 11.3. The second-order valence-electron chi connectivity index (χ2n) is 9.64. The van der Waals surface area contributed by atoms with Crippen LogP contribution >= 0.6 is 0 Å². The van der Waals surface area contributed by atoms with Crippen molar-refractivity contribution in [3.63, 3.8) is 0 Å². The van der Waals surface area contributed by atoms with E-state index in [0.717, 1.165) is 38.9 Å². The number of pyridine rings is 1. The van der Waals surface area contributed by atoms with Crippen molar-refractivity contribution in [1.82, 2.24) is 24.7 Å². The fourth-order valence-electron chi connectivity index (χ4n) is 4.44. The Labute approximate surface area is 243 Å². The van der Waals surface area contributed by atoms with Crippen molar-refractivity contribution >= 4 is 21.0 Å². The minimum atomic E-state index is -3.87. The minimum absolute atomic E-state index is 0.0588. The third-order valence-corrected chi connectivity index (χ3v) is 7.98. The smallest absolute Gasteiger partial charge is 0.297 e. The monoisotopic (exact) mass is 577 g/mol. The van der Waals surface area contributed by atoms with Gasteiger partial charge in [-0.2, -0.15) is 13.5 Å². The second kappa shape index (κ2) is 11.9. The van der Waals surface area contributed by atoms with Crippen LogP contribution in [0.2, 0.25) is 0 Å². The predicted octanol–water partition coefficient (Wildman–Crippen LogP) is 5.85. The van der Waals surface area contributed by atoms with E-state index in [0.29, 0.717) is 11.6 Å². The van der Waals surface area contributed by atoms with Crippen molar-refractivity contribution in [1.29, 1.82) is 0 Å². The molecule has 0 bridgehead atoms. The summed E-state index contributed by atoms with van der Waals surface area (Å²) in [7, 11) is -3.87. The molecule has 9 nitrogen and oxygen atoms in total. The molecule has 0 N–H and O–H groups in total. The molecule has 0 saturated heterocycles. The molecule has 0 atom stereocenters. The molecule has 0 saturated carbocycles. The molecule has 10 heteroatoms. The van der Waals surface area contributed by atoms with Crippen molar-refractivity contribution in [2.75, 3.05) is 6.61 Å². The van der Waals surface area contributed by atoms with Crippen LogP contribution in [0.1, 0.15) is 11.4 Å². The first-order valence-electron chi connectivity index (χ1n) is 13.3. The normalized spacial score (nSPS) is 11.5. The van der Waals surface area contributed by atoms with Gasteiger partial charge in [0.05, 0.1) is 23.6 Å². The highest BCUT2D eigenvalue weighted by Crippen LogP contribution is 2.32. The standard InChI is InChI=1S/C32H27N5O4S/c1-23-6-12-28(13-7-23)42(38,39)41-19-18-37-21-29(24-14-16-33-17-15-24)32(36-37)25-8-10-27(11-9-25)40-22-31-34-20-26-4-2-3-5-30(26)35-31/h2-17,20-21H,18-19,22H2,1H3. The molecule has 0 spiro atoms. The Morgan fingerprint density at radius 2 is 1.62 bits per heavy atom. The fourth-order valence-corrected chi connectivity index (χ4v) is 5.34. The summed E-state index contributed by atoms with van der Waals surface area (Å²) in [5.74, 6) is 1.28. The van der Waals surface area contributed by atoms with E-state index in [1.165, 1.54) is 0 Å². The topological polar surface area (TPSA) is 109 Å². The molecule has 0 aliphatic rings. The molecule has 6 aromatic rings. The Kier molecular flexibility index (Phi) is 7.72. The van der Waals surface area contributed by atoms with Gasteiger partial charge in [-0.1, -0.05) is 35.9 Å². The lowest BCUT2D eigenvalue weighted by Gasteiger charge is -2.08. The lowest BCUT2D eigenvalue weighted by molar-refractivity contribution is 0.294. The minimum Gasteiger partial charge on any atom is -0.486 e. The van der Waals surface area contributed by atoms with E-state index in [1.807, 2.05) is 73.8 Å². The summed E-state index contributed by atoms with van der Waals surface area (Å²) in [5, 5.41) is 5.75. The van der Waals surface area contributed by atoms with Gasteiger partial charge in [0.15, 0.2) is 5.82 Å². The number of para-hydroxylation sites is 1. The van der Waals surface area contributed by atoms with E-state index in [4.69, 9.17) is 14.0 Å². The number of aromatic nitrogens is 5. The third kappa shape index (κ3) is 6.19. The summed E-state index contributed by atoms with van der Waals surface area (Å²) >= 11 is 0. The van der Waals surface area contributed by atoms with Gasteiger partial charge in [-0.3, -0.25) is 13.8 Å². The first kappa shape index (κ1) is 27.3. The Morgan fingerprint density at radius 1 is 0.857 bits per heavy atom. The Morgan fingerprint density at radius 3 is 2.40 bits per heavy atom. The Balaban J connectivity index is 1.17. The van der Waals surface area contributed by atoms with Crippen molar-refractivity contribution < 1.29 is 17.3 Å². The van der Waals surface area contributed by atoms with Gasteiger partial charge in [0.1, 0.15) is 18.1 Å². The largest absolute Gasteiger partial charge is 0.486 e. The molecule has 6 rings (SSSR count). The summed E-state index contributed by atoms with van der Waals surface area (Å²) in [4.78, 5) is 13.2. The fraction of sp³-hybridized carbons (Fsp3) is 0.125. The molecule has 0 amide bonds. The summed E-state index contributed by atoms with van der Waals surface area (Å²) in [6.07, 6.45) is 7.12. The molecule has 210 valence electrons. The molecule has 42 heavy (non-hydrogen) atoms. The zero-order chi connectivity index (χ0) is 28.9. The highest BCUT2D eigenvalue weighted by atomic mass is 32.2. The number of hydrogen-bond acceptors (Lipinski definition) is 8. The Hall–Kier alpha value is -4.93. The van der Waals surface area contributed by atoms with Crippen LogP contribution in [0.5, 0.6) is 5.75 Å². The molecule has 3 aromatic carbocycles. The van der Waals surface area contributed by atoms with Crippen LogP contribution in [0.4, 0.5) is 0 Å². The number of aryl methyl sites for hydroxylation is 1. The van der Waals surface area contributed by atoms with Crippen molar-refractivity contribution in [2.45, 2.75) is 25.0 Å². The van der Waals surface area contributed by atoms with Gasteiger partial charge >= 0.3 is 0 Å². The molecule has 3 heterocycles. The number of hydrogen-bond donors (Lipinski definition) is 0. The Bertz CT molecular complexity index is 1920. The molecule has 0 fully saturated rings. The zero-order valence-electron chi connectivity index (χ0n) is 22.8. The molecule has 0 unspecified atom stereocenters. The lowest BCUT2D eigenvalue weighted by atomic mass is 10.0. The molecule has 3 aromatic heterocycles.